The first-order valence-electron chi connectivity index (χ1n) is 9.59. The summed E-state index contributed by atoms with van der Waals surface area (Å²) in [5.41, 5.74) is 0.809. The molecule has 27 heavy (non-hydrogen) atoms. The number of hydrogen-bond acceptors (Lipinski definition) is 6. The maximum atomic E-state index is 12.6. The van der Waals surface area contributed by atoms with Crippen LogP contribution in [0.2, 0.25) is 5.28 Å². The Hall–Kier alpha value is -1.66. The summed E-state index contributed by atoms with van der Waals surface area (Å²) in [4.78, 5) is 23.7. The second-order valence-corrected chi connectivity index (χ2v) is 9.07. The fourth-order valence-corrected chi connectivity index (χ4v) is 5.61. The highest BCUT2D eigenvalue weighted by Gasteiger charge is 2.48. The molecule has 2 aromatic heterocycles. The largest absolute Gasteiger partial charge is 0.466 e. The Morgan fingerprint density at radius 1 is 1.26 bits per heavy atom. The summed E-state index contributed by atoms with van der Waals surface area (Å²) in [6, 6.07) is 6.09. The van der Waals surface area contributed by atoms with Crippen LogP contribution in [-0.2, 0) is 9.53 Å². The van der Waals surface area contributed by atoms with Gasteiger partial charge in [0.1, 0.15) is 5.82 Å². The fourth-order valence-electron chi connectivity index (χ4n) is 4.60. The third kappa shape index (κ3) is 3.83. The van der Waals surface area contributed by atoms with Gasteiger partial charge in [0.15, 0.2) is 0 Å². The average Bonchev–Trinajstić information content (AvgIpc) is 3.09. The van der Waals surface area contributed by atoms with Gasteiger partial charge in [0.05, 0.1) is 23.1 Å². The van der Waals surface area contributed by atoms with E-state index in [-0.39, 0.29) is 23.2 Å². The smallest absolute Gasteiger partial charge is 0.311 e. The molecule has 0 aliphatic heterocycles. The number of aromatic nitrogens is 2. The van der Waals surface area contributed by atoms with E-state index < -0.39 is 0 Å². The monoisotopic (exact) mass is 405 g/mol. The van der Waals surface area contributed by atoms with Gasteiger partial charge in [-0.3, -0.25) is 4.79 Å². The molecule has 5 rings (SSSR count). The van der Waals surface area contributed by atoms with Crippen molar-refractivity contribution in [2.45, 2.75) is 45.6 Å². The van der Waals surface area contributed by atoms with Crippen molar-refractivity contribution in [1.82, 2.24) is 9.97 Å². The molecule has 0 radical (unpaired) electrons. The number of thiophene rings is 1. The minimum absolute atomic E-state index is 0.0421. The molecule has 0 aromatic carbocycles. The Morgan fingerprint density at radius 2 is 2.00 bits per heavy atom. The quantitative estimate of drug-likeness (QED) is 0.563. The molecule has 0 saturated heterocycles. The molecule has 2 heterocycles. The van der Waals surface area contributed by atoms with Crippen molar-refractivity contribution in [3.63, 3.8) is 0 Å². The Morgan fingerprint density at radius 3 is 2.67 bits per heavy atom. The predicted octanol–water partition coefficient (Wildman–Crippen LogP) is 4.95. The van der Waals surface area contributed by atoms with Crippen LogP contribution in [0, 0.1) is 24.7 Å². The van der Waals surface area contributed by atoms with Crippen molar-refractivity contribution in [3.05, 3.63) is 28.4 Å². The highest BCUT2D eigenvalue weighted by Crippen LogP contribution is 2.46. The van der Waals surface area contributed by atoms with Gasteiger partial charge in [-0.25, -0.2) is 9.97 Å². The first kappa shape index (κ1) is 18.7. The molecule has 2 aromatic rings. The van der Waals surface area contributed by atoms with Crippen LogP contribution in [0.5, 0.6) is 0 Å². The Bertz CT molecular complexity index is 832. The first-order valence-corrected chi connectivity index (χ1v) is 10.8. The molecule has 3 fully saturated rings. The van der Waals surface area contributed by atoms with Gasteiger partial charge in [-0.05, 0) is 75.1 Å². The van der Waals surface area contributed by atoms with Gasteiger partial charge in [0, 0.05) is 17.0 Å². The van der Waals surface area contributed by atoms with E-state index in [9.17, 15) is 4.79 Å². The molecule has 3 aliphatic carbocycles. The molecule has 5 nitrogen and oxygen atoms in total. The zero-order valence-corrected chi connectivity index (χ0v) is 17.1. The maximum Gasteiger partial charge on any atom is 0.311 e. The van der Waals surface area contributed by atoms with E-state index in [2.05, 4.69) is 28.3 Å². The summed E-state index contributed by atoms with van der Waals surface area (Å²) in [6.07, 6.45) is 4.51. The van der Waals surface area contributed by atoms with E-state index in [4.69, 9.17) is 16.3 Å². The van der Waals surface area contributed by atoms with E-state index in [0.717, 1.165) is 36.3 Å². The molecular formula is C20H24ClN3O2S. The summed E-state index contributed by atoms with van der Waals surface area (Å²) in [5, 5.41) is 3.75. The van der Waals surface area contributed by atoms with Crippen LogP contribution in [0.1, 0.15) is 37.5 Å². The van der Waals surface area contributed by atoms with Crippen molar-refractivity contribution >= 4 is 34.7 Å². The van der Waals surface area contributed by atoms with Gasteiger partial charge >= 0.3 is 5.97 Å². The third-order valence-corrected chi connectivity index (χ3v) is 6.98. The topological polar surface area (TPSA) is 64.1 Å². The SMILES string of the molecule is CCOC(=O)[C@H]1C2CCC(CC2)[C@@H]1Nc1cc(-c2ccc(C)s2)nc(Cl)n1. The minimum Gasteiger partial charge on any atom is -0.466 e. The number of hydrogen-bond donors (Lipinski definition) is 1. The number of rotatable bonds is 5. The molecule has 3 aliphatic rings. The van der Waals surface area contributed by atoms with Gasteiger partial charge in [-0.2, -0.15) is 0 Å². The minimum atomic E-state index is -0.112. The van der Waals surface area contributed by atoms with Crippen LogP contribution in [0.15, 0.2) is 18.2 Å². The van der Waals surface area contributed by atoms with Gasteiger partial charge in [0.2, 0.25) is 5.28 Å². The van der Waals surface area contributed by atoms with Crippen LogP contribution >= 0.6 is 22.9 Å². The first-order chi connectivity index (χ1) is 13.0. The number of carbonyl (C=O) groups is 1. The molecule has 7 heteroatoms. The third-order valence-electron chi connectivity index (χ3n) is 5.78. The van der Waals surface area contributed by atoms with Gasteiger partial charge < -0.3 is 10.1 Å². The number of fused-ring (bicyclic) bond motifs is 3. The molecule has 144 valence electrons. The van der Waals surface area contributed by atoms with Crippen LogP contribution in [0.25, 0.3) is 10.6 Å². The van der Waals surface area contributed by atoms with E-state index in [1.807, 2.05) is 19.1 Å². The number of aryl methyl sites for hydroxylation is 1. The lowest BCUT2D eigenvalue weighted by atomic mass is 9.61. The molecule has 3 saturated carbocycles. The number of nitrogens with one attached hydrogen (secondary N) is 1. The van der Waals surface area contributed by atoms with Crippen LogP contribution in [0.3, 0.4) is 0 Å². The number of halogens is 1. The van der Waals surface area contributed by atoms with Crippen LogP contribution < -0.4 is 5.32 Å². The van der Waals surface area contributed by atoms with Crippen molar-refractivity contribution in [2.75, 3.05) is 11.9 Å². The van der Waals surface area contributed by atoms with E-state index in [1.165, 1.54) is 4.88 Å². The van der Waals surface area contributed by atoms with Crippen molar-refractivity contribution in [3.8, 4) is 10.6 Å². The van der Waals surface area contributed by atoms with E-state index in [1.54, 1.807) is 11.3 Å². The average molecular weight is 406 g/mol. The standard InChI is InChI=1S/C20H24ClN3O2S/c1-3-26-19(25)17-12-5-7-13(8-6-12)18(17)23-16-10-14(22-20(21)24-16)15-9-4-11(2)27-15/h4,9-10,12-13,17-18H,3,5-8H2,1-2H3,(H,22,23,24)/t12?,13?,17-,18-/m0/s1. The lowest BCUT2D eigenvalue weighted by molar-refractivity contribution is -0.154. The van der Waals surface area contributed by atoms with E-state index in [0.29, 0.717) is 24.3 Å². The second kappa shape index (κ2) is 7.76. The summed E-state index contributed by atoms with van der Waals surface area (Å²) in [7, 11) is 0. The summed E-state index contributed by atoms with van der Waals surface area (Å²) in [6.45, 7) is 4.35. The summed E-state index contributed by atoms with van der Waals surface area (Å²) >= 11 is 7.88. The van der Waals surface area contributed by atoms with Crippen molar-refractivity contribution in [2.24, 2.45) is 17.8 Å². The summed E-state index contributed by atoms with van der Waals surface area (Å²) in [5.74, 6) is 1.34. The number of anilines is 1. The zero-order chi connectivity index (χ0) is 19.0. The fraction of sp³-hybridized carbons (Fsp3) is 0.550. The predicted molar refractivity (Wildman–Crippen MR) is 108 cm³/mol. The van der Waals surface area contributed by atoms with Gasteiger partial charge in [-0.15, -0.1) is 11.3 Å². The molecule has 2 bridgehead atoms. The normalized spacial score (nSPS) is 26.8. The highest BCUT2D eigenvalue weighted by atomic mass is 35.5. The Kier molecular flexibility index (Phi) is 5.37. The molecule has 1 N–H and O–H groups in total. The van der Waals surface area contributed by atoms with Crippen molar-refractivity contribution in [1.29, 1.82) is 0 Å². The number of nitrogens with zero attached hydrogens (tertiary/aromatic N) is 2. The molecular weight excluding hydrogens is 382 g/mol. The van der Waals surface area contributed by atoms with E-state index >= 15 is 0 Å². The second-order valence-electron chi connectivity index (χ2n) is 7.44. The molecule has 0 spiro atoms. The van der Waals surface area contributed by atoms with Crippen molar-refractivity contribution < 1.29 is 9.53 Å². The van der Waals surface area contributed by atoms with Crippen LogP contribution in [-0.4, -0.2) is 28.6 Å². The number of ether oxygens (including phenoxy) is 1. The lowest BCUT2D eigenvalue weighted by Gasteiger charge is -2.47. The maximum absolute atomic E-state index is 12.6. The molecule has 0 unspecified atom stereocenters. The number of esters is 1. The Balaban J connectivity index is 1.62. The number of carbonyl (C=O) groups excluding carboxylic acids is 1. The zero-order valence-electron chi connectivity index (χ0n) is 15.6. The molecule has 0 amide bonds. The van der Waals surface area contributed by atoms with Crippen LogP contribution in [0.4, 0.5) is 5.82 Å². The molecule has 2 atom stereocenters. The lowest BCUT2D eigenvalue weighted by Crippen LogP contribution is -2.52. The highest BCUT2D eigenvalue weighted by molar-refractivity contribution is 7.15. The van der Waals surface area contributed by atoms with Gasteiger partial charge in [-0.1, -0.05) is 0 Å². The Labute approximate surface area is 168 Å². The summed E-state index contributed by atoms with van der Waals surface area (Å²) < 4.78 is 5.39. The van der Waals surface area contributed by atoms with Gasteiger partial charge in [0.25, 0.3) is 0 Å².